The molecule has 1 aliphatic heterocycles. The Bertz CT molecular complexity index is 1070. The van der Waals surface area contributed by atoms with Crippen molar-refractivity contribution < 1.29 is 24.2 Å². The number of likely N-dealkylation sites (tertiary alicyclic amines) is 1. The minimum absolute atomic E-state index is 0.0896. The minimum atomic E-state index is -0.693. The quantitative estimate of drug-likeness (QED) is 0.187. The Hall–Kier alpha value is -3.58. The van der Waals surface area contributed by atoms with Crippen LogP contribution in [0.5, 0.6) is 11.5 Å². The first kappa shape index (κ1) is 27.0. The normalized spacial score (nSPS) is 17.0. The number of Topliss-reactive ketones (excluding diaryl/α,β-unsaturated/α-hetero) is 1. The van der Waals surface area contributed by atoms with E-state index in [2.05, 4.69) is 25.3 Å². The number of benzene rings is 2. The van der Waals surface area contributed by atoms with Crippen LogP contribution in [-0.4, -0.2) is 66.0 Å². The Morgan fingerprint density at radius 3 is 2.19 bits per heavy atom. The summed E-state index contributed by atoms with van der Waals surface area (Å²) in [5, 5.41) is 11.2. The van der Waals surface area contributed by atoms with E-state index < -0.39 is 17.7 Å². The number of aliphatic hydroxyl groups is 1. The summed E-state index contributed by atoms with van der Waals surface area (Å²) in [6.45, 7) is 13.7. The molecule has 0 bridgehead atoms. The summed E-state index contributed by atoms with van der Waals surface area (Å²) in [5.74, 6) is -0.152. The minimum Gasteiger partial charge on any atom is -0.507 e. The fourth-order valence-corrected chi connectivity index (χ4v) is 4.39. The molecule has 1 aliphatic rings. The van der Waals surface area contributed by atoms with Crippen LogP contribution in [0.1, 0.15) is 44.4 Å². The average Bonchev–Trinajstić information content (AvgIpc) is 3.15. The highest BCUT2D eigenvalue weighted by Crippen LogP contribution is 2.40. The number of nitrogens with zero attached hydrogens (tertiary/aromatic N) is 2. The number of ketones is 1. The second-order valence-electron chi connectivity index (χ2n) is 8.50. The largest absolute Gasteiger partial charge is 0.507 e. The molecule has 1 N–H and O–H groups in total. The lowest BCUT2D eigenvalue weighted by molar-refractivity contribution is -0.140. The number of hydrogen-bond acceptors (Lipinski definition) is 6. The Balaban J connectivity index is 1.99. The van der Waals surface area contributed by atoms with Crippen molar-refractivity contribution in [1.29, 1.82) is 0 Å². The van der Waals surface area contributed by atoms with E-state index in [0.29, 0.717) is 36.8 Å². The highest BCUT2D eigenvalue weighted by Gasteiger charge is 2.45. The molecule has 36 heavy (non-hydrogen) atoms. The molecule has 1 saturated heterocycles. The van der Waals surface area contributed by atoms with Gasteiger partial charge in [-0.25, -0.2) is 0 Å². The molecule has 2 aromatic carbocycles. The number of carbonyl (C=O) groups is 2. The topological polar surface area (TPSA) is 79.3 Å². The molecule has 1 fully saturated rings. The highest BCUT2D eigenvalue weighted by molar-refractivity contribution is 6.46. The third-order valence-electron chi connectivity index (χ3n) is 6.31. The maximum Gasteiger partial charge on any atom is 0.295 e. The molecule has 0 spiro atoms. The average molecular weight is 493 g/mol. The van der Waals surface area contributed by atoms with Crippen LogP contribution >= 0.6 is 0 Å². The van der Waals surface area contributed by atoms with E-state index in [1.165, 1.54) is 0 Å². The smallest absolute Gasteiger partial charge is 0.295 e. The molecular formula is C29H36N2O5. The van der Waals surface area contributed by atoms with Gasteiger partial charge in [0.15, 0.2) is 0 Å². The third kappa shape index (κ3) is 6.15. The molecule has 192 valence electrons. The van der Waals surface area contributed by atoms with Crippen molar-refractivity contribution in [2.45, 2.75) is 33.2 Å². The van der Waals surface area contributed by atoms with Crippen LogP contribution in [0, 0.1) is 0 Å². The van der Waals surface area contributed by atoms with Crippen LogP contribution in [0.25, 0.3) is 5.76 Å². The summed E-state index contributed by atoms with van der Waals surface area (Å²) in [7, 11) is 0. The van der Waals surface area contributed by atoms with E-state index >= 15 is 0 Å². The predicted octanol–water partition coefficient (Wildman–Crippen LogP) is 4.80. The Morgan fingerprint density at radius 2 is 1.61 bits per heavy atom. The molecule has 7 nitrogen and oxygen atoms in total. The Labute approximate surface area is 213 Å². The van der Waals surface area contributed by atoms with E-state index in [1.807, 2.05) is 19.1 Å². The first-order chi connectivity index (χ1) is 17.4. The van der Waals surface area contributed by atoms with E-state index in [0.717, 1.165) is 31.6 Å². The molecule has 1 amide bonds. The van der Waals surface area contributed by atoms with Crippen LogP contribution in [0.2, 0.25) is 0 Å². The first-order valence-corrected chi connectivity index (χ1v) is 12.5. The summed E-state index contributed by atoms with van der Waals surface area (Å²) in [6, 6.07) is 13.4. The van der Waals surface area contributed by atoms with Crippen molar-refractivity contribution in [1.82, 2.24) is 9.80 Å². The van der Waals surface area contributed by atoms with E-state index in [9.17, 15) is 14.7 Å². The summed E-state index contributed by atoms with van der Waals surface area (Å²) < 4.78 is 11.1. The number of hydrogen-bond donors (Lipinski definition) is 1. The standard InChI is InChI=1S/C29H36N2O5/c1-5-20-36-24-14-10-21(11-15-24)26-25(27(32)22-12-16-23(17-13-22)35-8-4)28(33)29(34)31(26)19-9-18-30(6-2)7-3/h5,10-17,26,32H,1,6-9,18-20H2,2-4H3/b27-25+/t26-/m0/s1. The number of amides is 1. The number of ether oxygens (including phenoxy) is 2. The predicted molar refractivity (Wildman–Crippen MR) is 141 cm³/mol. The Kier molecular flexibility index (Phi) is 9.70. The molecule has 0 radical (unpaired) electrons. The molecule has 0 saturated carbocycles. The van der Waals surface area contributed by atoms with Gasteiger partial charge in [-0.15, -0.1) is 0 Å². The number of rotatable bonds is 13. The van der Waals surface area contributed by atoms with Gasteiger partial charge in [-0.05, 0) is 74.9 Å². The van der Waals surface area contributed by atoms with Crippen LogP contribution in [0.3, 0.4) is 0 Å². The molecule has 1 heterocycles. The lowest BCUT2D eigenvalue weighted by Gasteiger charge is -2.27. The van der Waals surface area contributed by atoms with E-state index in [1.54, 1.807) is 47.4 Å². The molecule has 0 unspecified atom stereocenters. The molecule has 0 aromatic heterocycles. The van der Waals surface area contributed by atoms with Crippen molar-refractivity contribution in [3.63, 3.8) is 0 Å². The maximum absolute atomic E-state index is 13.2. The second-order valence-corrected chi connectivity index (χ2v) is 8.50. The van der Waals surface area contributed by atoms with Crippen molar-refractivity contribution >= 4 is 17.4 Å². The monoisotopic (exact) mass is 492 g/mol. The lowest BCUT2D eigenvalue weighted by atomic mass is 9.95. The van der Waals surface area contributed by atoms with Gasteiger partial charge >= 0.3 is 0 Å². The first-order valence-electron chi connectivity index (χ1n) is 12.5. The van der Waals surface area contributed by atoms with Gasteiger partial charge in [0.1, 0.15) is 23.9 Å². The van der Waals surface area contributed by atoms with Crippen molar-refractivity contribution in [3.05, 3.63) is 77.9 Å². The van der Waals surface area contributed by atoms with Gasteiger partial charge in [0.25, 0.3) is 11.7 Å². The van der Waals surface area contributed by atoms with Crippen LogP contribution in [0.15, 0.2) is 66.8 Å². The van der Waals surface area contributed by atoms with Gasteiger partial charge in [0.2, 0.25) is 0 Å². The van der Waals surface area contributed by atoms with Gasteiger partial charge in [0, 0.05) is 12.1 Å². The molecular weight excluding hydrogens is 456 g/mol. The van der Waals surface area contributed by atoms with Gasteiger partial charge in [-0.1, -0.05) is 38.6 Å². The van der Waals surface area contributed by atoms with Gasteiger partial charge in [0.05, 0.1) is 18.2 Å². The van der Waals surface area contributed by atoms with Gasteiger partial charge in [-0.3, -0.25) is 9.59 Å². The molecule has 7 heteroatoms. The molecule has 2 aromatic rings. The lowest BCUT2D eigenvalue weighted by Crippen LogP contribution is -2.33. The number of carbonyl (C=O) groups excluding carboxylic acids is 2. The van der Waals surface area contributed by atoms with Crippen molar-refractivity contribution in [3.8, 4) is 11.5 Å². The molecule has 1 atom stereocenters. The summed E-state index contributed by atoms with van der Waals surface area (Å²) in [6.07, 6.45) is 2.38. The van der Waals surface area contributed by atoms with Gasteiger partial charge in [-0.2, -0.15) is 0 Å². The maximum atomic E-state index is 13.2. The van der Waals surface area contributed by atoms with E-state index in [4.69, 9.17) is 9.47 Å². The zero-order chi connectivity index (χ0) is 26.1. The van der Waals surface area contributed by atoms with Crippen molar-refractivity contribution in [2.75, 3.05) is 39.4 Å². The fourth-order valence-electron chi connectivity index (χ4n) is 4.39. The van der Waals surface area contributed by atoms with Crippen LogP contribution in [0.4, 0.5) is 0 Å². The Morgan fingerprint density at radius 1 is 1.00 bits per heavy atom. The second kappa shape index (κ2) is 12.9. The zero-order valence-corrected chi connectivity index (χ0v) is 21.4. The van der Waals surface area contributed by atoms with E-state index in [-0.39, 0.29) is 11.3 Å². The van der Waals surface area contributed by atoms with Crippen LogP contribution < -0.4 is 9.47 Å². The zero-order valence-electron chi connectivity index (χ0n) is 21.4. The highest BCUT2D eigenvalue weighted by atomic mass is 16.5. The summed E-state index contributed by atoms with van der Waals surface area (Å²) >= 11 is 0. The molecule has 3 rings (SSSR count). The summed E-state index contributed by atoms with van der Waals surface area (Å²) in [4.78, 5) is 30.2. The van der Waals surface area contributed by atoms with Gasteiger partial charge < -0.3 is 24.4 Å². The fraction of sp³-hybridized carbons (Fsp3) is 0.379. The van der Waals surface area contributed by atoms with Crippen LogP contribution in [-0.2, 0) is 9.59 Å². The third-order valence-corrected chi connectivity index (χ3v) is 6.31. The molecule has 0 aliphatic carbocycles. The summed E-state index contributed by atoms with van der Waals surface area (Å²) in [5.41, 5.74) is 1.28. The number of aliphatic hydroxyl groups excluding tert-OH is 1. The SMILES string of the molecule is C=CCOc1ccc([C@H]2/C(=C(\O)c3ccc(OCC)cc3)C(=O)C(=O)N2CCCN(CC)CC)cc1. The van der Waals surface area contributed by atoms with Crippen molar-refractivity contribution in [2.24, 2.45) is 0 Å².